The topological polar surface area (TPSA) is 84.7 Å². The number of nitrogens with zero attached hydrogens (tertiary/aromatic N) is 3. The maximum atomic E-state index is 10.6. The summed E-state index contributed by atoms with van der Waals surface area (Å²) in [7, 11) is 0. The molecule has 0 aliphatic heterocycles. The van der Waals surface area contributed by atoms with Gasteiger partial charge in [0.25, 0.3) is 5.69 Å². The van der Waals surface area contributed by atoms with Crippen LogP contribution in [0.15, 0.2) is 42.9 Å². The number of benzene rings is 1. The van der Waals surface area contributed by atoms with Gasteiger partial charge in [-0.15, -0.1) is 0 Å². The summed E-state index contributed by atoms with van der Waals surface area (Å²) in [5.41, 5.74) is 2.40. The lowest BCUT2D eigenvalue weighted by Gasteiger charge is -2.01. The summed E-state index contributed by atoms with van der Waals surface area (Å²) in [6.07, 6.45) is 3.25. The lowest BCUT2D eigenvalue weighted by Crippen LogP contribution is -1.89. The van der Waals surface area contributed by atoms with Crippen molar-refractivity contribution in [3.63, 3.8) is 0 Å². The standard InChI is InChI=1S/C12H8N4O2/c17-16(18)9-3-1-8(2-4-9)11-10-5-6-13-12(10)15-7-14-11/h1-7H,(H,13,14,15). The first kappa shape index (κ1) is 10.4. The summed E-state index contributed by atoms with van der Waals surface area (Å²) in [6, 6.07) is 8.19. The number of nitro groups is 1. The highest BCUT2D eigenvalue weighted by atomic mass is 16.6. The van der Waals surface area contributed by atoms with Crippen LogP contribution < -0.4 is 0 Å². The Morgan fingerprint density at radius 3 is 2.61 bits per heavy atom. The second-order valence-electron chi connectivity index (χ2n) is 3.77. The van der Waals surface area contributed by atoms with Crippen LogP contribution in [0.5, 0.6) is 0 Å². The Balaban J connectivity index is 2.14. The molecule has 0 aliphatic rings. The molecule has 0 spiro atoms. The first-order valence-electron chi connectivity index (χ1n) is 5.28. The van der Waals surface area contributed by atoms with E-state index in [0.717, 1.165) is 22.3 Å². The van der Waals surface area contributed by atoms with Crippen LogP contribution >= 0.6 is 0 Å². The van der Waals surface area contributed by atoms with E-state index in [-0.39, 0.29) is 5.69 Å². The van der Waals surface area contributed by atoms with Gasteiger partial charge < -0.3 is 4.98 Å². The third kappa shape index (κ3) is 1.60. The molecule has 0 atom stereocenters. The summed E-state index contributed by atoms with van der Waals surface area (Å²) < 4.78 is 0. The summed E-state index contributed by atoms with van der Waals surface area (Å²) >= 11 is 0. The number of nitrogens with one attached hydrogen (secondary N) is 1. The molecule has 0 fully saturated rings. The lowest BCUT2D eigenvalue weighted by molar-refractivity contribution is -0.384. The Labute approximate surface area is 101 Å². The number of nitro benzene ring substituents is 1. The van der Waals surface area contributed by atoms with Crippen LogP contribution in [0.1, 0.15) is 0 Å². The van der Waals surface area contributed by atoms with Gasteiger partial charge in [0.15, 0.2) is 0 Å². The highest BCUT2D eigenvalue weighted by Gasteiger charge is 2.09. The molecule has 0 amide bonds. The van der Waals surface area contributed by atoms with Gasteiger partial charge in [-0.1, -0.05) is 0 Å². The lowest BCUT2D eigenvalue weighted by atomic mass is 10.1. The van der Waals surface area contributed by atoms with Crippen LogP contribution in [0.25, 0.3) is 22.3 Å². The van der Waals surface area contributed by atoms with Crippen LogP contribution in [-0.4, -0.2) is 19.9 Å². The van der Waals surface area contributed by atoms with E-state index in [1.165, 1.54) is 18.5 Å². The van der Waals surface area contributed by atoms with Gasteiger partial charge in [0, 0.05) is 29.3 Å². The molecule has 1 aromatic carbocycles. The zero-order chi connectivity index (χ0) is 12.5. The minimum Gasteiger partial charge on any atom is -0.346 e. The van der Waals surface area contributed by atoms with E-state index < -0.39 is 4.92 Å². The predicted molar refractivity (Wildman–Crippen MR) is 66.0 cm³/mol. The maximum Gasteiger partial charge on any atom is 0.269 e. The Morgan fingerprint density at radius 1 is 1.11 bits per heavy atom. The molecule has 0 unspecified atom stereocenters. The summed E-state index contributed by atoms with van der Waals surface area (Å²) in [5, 5.41) is 11.5. The number of fused-ring (bicyclic) bond motifs is 1. The Kier molecular flexibility index (Phi) is 2.26. The zero-order valence-electron chi connectivity index (χ0n) is 9.20. The minimum absolute atomic E-state index is 0.0677. The van der Waals surface area contributed by atoms with Crippen LogP contribution in [0.4, 0.5) is 5.69 Å². The Hall–Kier alpha value is -2.76. The van der Waals surface area contributed by atoms with Gasteiger partial charge in [-0.05, 0) is 18.2 Å². The maximum absolute atomic E-state index is 10.6. The number of rotatable bonds is 2. The first-order chi connectivity index (χ1) is 8.75. The fourth-order valence-corrected chi connectivity index (χ4v) is 1.84. The molecule has 0 radical (unpaired) electrons. The van der Waals surface area contributed by atoms with Gasteiger partial charge >= 0.3 is 0 Å². The largest absolute Gasteiger partial charge is 0.346 e. The Bertz CT molecular complexity index is 718. The SMILES string of the molecule is O=[N+]([O-])c1ccc(-c2ncnc3[nH]ccc23)cc1. The van der Waals surface area contributed by atoms with Crippen LogP contribution in [-0.2, 0) is 0 Å². The van der Waals surface area contributed by atoms with Gasteiger partial charge in [0.1, 0.15) is 12.0 Å². The second-order valence-corrected chi connectivity index (χ2v) is 3.77. The molecule has 18 heavy (non-hydrogen) atoms. The van der Waals surface area contributed by atoms with Gasteiger partial charge in [0.2, 0.25) is 0 Å². The normalized spacial score (nSPS) is 10.7. The zero-order valence-corrected chi connectivity index (χ0v) is 9.20. The second kappa shape index (κ2) is 3.92. The van der Waals surface area contributed by atoms with E-state index in [9.17, 15) is 10.1 Å². The quantitative estimate of drug-likeness (QED) is 0.551. The number of aromatic nitrogens is 3. The smallest absolute Gasteiger partial charge is 0.269 e. The molecule has 3 rings (SSSR count). The molecule has 2 heterocycles. The fraction of sp³-hybridized carbons (Fsp3) is 0. The summed E-state index contributed by atoms with van der Waals surface area (Å²) in [4.78, 5) is 21.5. The van der Waals surface area contributed by atoms with Gasteiger partial charge in [0.05, 0.1) is 10.6 Å². The van der Waals surface area contributed by atoms with E-state index in [1.807, 2.05) is 6.07 Å². The number of aromatic amines is 1. The van der Waals surface area contributed by atoms with Crippen molar-refractivity contribution in [1.29, 1.82) is 0 Å². The Morgan fingerprint density at radius 2 is 1.89 bits per heavy atom. The van der Waals surface area contributed by atoms with E-state index in [2.05, 4.69) is 15.0 Å². The van der Waals surface area contributed by atoms with Crippen molar-refractivity contribution in [3.8, 4) is 11.3 Å². The molecular weight excluding hydrogens is 232 g/mol. The van der Waals surface area contributed by atoms with Crippen molar-refractivity contribution in [1.82, 2.24) is 15.0 Å². The van der Waals surface area contributed by atoms with E-state index in [0.29, 0.717) is 0 Å². The molecule has 6 nitrogen and oxygen atoms in total. The first-order valence-corrected chi connectivity index (χ1v) is 5.28. The molecule has 2 aromatic heterocycles. The number of non-ortho nitro benzene ring substituents is 1. The predicted octanol–water partition coefficient (Wildman–Crippen LogP) is 2.53. The minimum atomic E-state index is -0.421. The van der Waals surface area contributed by atoms with Crippen molar-refractivity contribution in [3.05, 3.63) is 53.0 Å². The molecule has 0 saturated carbocycles. The molecule has 3 aromatic rings. The van der Waals surface area contributed by atoms with Crippen molar-refractivity contribution in [2.45, 2.75) is 0 Å². The molecule has 1 N–H and O–H groups in total. The summed E-state index contributed by atoms with van der Waals surface area (Å²) in [5.74, 6) is 0. The number of hydrogen-bond donors (Lipinski definition) is 1. The van der Waals surface area contributed by atoms with Crippen molar-refractivity contribution in [2.75, 3.05) is 0 Å². The fourth-order valence-electron chi connectivity index (χ4n) is 1.84. The van der Waals surface area contributed by atoms with Gasteiger partial charge in [-0.2, -0.15) is 0 Å². The third-order valence-corrected chi connectivity index (χ3v) is 2.71. The number of hydrogen-bond acceptors (Lipinski definition) is 4. The van der Waals surface area contributed by atoms with Crippen LogP contribution in [0.3, 0.4) is 0 Å². The third-order valence-electron chi connectivity index (χ3n) is 2.71. The summed E-state index contributed by atoms with van der Waals surface area (Å²) in [6.45, 7) is 0. The van der Waals surface area contributed by atoms with Crippen LogP contribution in [0, 0.1) is 10.1 Å². The average molecular weight is 240 g/mol. The molecule has 88 valence electrons. The molecular formula is C12H8N4O2. The van der Waals surface area contributed by atoms with Gasteiger partial charge in [-0.3, -0.25) is 10.1 Å². The highest BCUT2D eigenvalue weighted by molar-refractivity contribution is 5.90. The van der Waals surface area contributed by atoms with Crippen LogP contribution in [0.2, 0.25) is 0 Å². The van der Waals surface area contributed by atoms with Crippen molar-refractivity contribution < 1.29 is 4.92 Å². The van der Waals surface area contributed by atoms with E-state index in [4.69, 9.17) is 0 Å². The van der Waals surface area contributed by atoms with E-state index >= 15 is 0 Å². The van der Waals surface area contributed by atoms with E-state index in [1.54, 1.807) is 18.3 Å². The van der Waals surface area contributed by atoms with Crippen molar-refractivity contribution in [2.24, 2.45) is 0 Å². The molecule has 0 aliphatic carbocycles. The molecule has 6 heteroatoms. The molecule has 0 saturated heterocycles. The average Bonchev–Trinajstić information content (AvgIpc) is 2.87. The number of H-pyrrole nitrogens is 1. The van der Waals surface area contributed by atoms with Gasteiger partial charge in [-0.25, -0.2) is 9.97 Å². The van der Waals surface area contributed by atoms with Crippen molar-refractivity contribution >= 4 is 16.7 Å². The highest BCUT2D eigenvalue weighted by Crippen LogP contribution is 2.26. The molecule has 0 bridgehead atoms. The monoisotopic (exact) mass is 240 g/mol.